The van der Waals surface area contributed by atoms with Crippen molar-refractivity contribution >= 4 is 65.4 Å². The largest absolute Gasteiger partial charge is 0.307 e. The zero-order valence-corrected chi connectivity index (χ0v) is 33.8. The van der Waals surface area contributed by atoms with Crippen LogP contribution in [0.4, 0.5) is 0 Å². The molecule has 0 N–H and O–H groups in total. The fourth-order valence-electron chi connectivity index (χ4n) is 9.61. The normalized spacial score (nSPS) is 11.8. The first-order chi connectivity index (χ1) is 29.8. The smallest absolute Gasteiger partial charge is 0.104 e. The van der Waals surface area contributed by atoms with Crippen molar-refractivity contribution in [2.75, 3.05) is 0 Å². The molecule has 11 rings (SSSR count). The number of hydrogen-bond donors (Lipinski definition) is 0. The van der Waals surface area contributed by atoms with Crippen LogP contribution in [0.15, 0.2) is 164 Å². The summed E-state index contributed by atoms with van der Waals surface area (Å²) in [6, 6.07) is 63.5. The van der Waals surface area contributed by atoms with Crippen LogP contribution in [0.2, 0.25) is 0 Å². The van der Waals surface area contributed by atoms with Crippen LogP contribution < -0.4 is 0 Å². The van der Waals surface area contributed by atoms with Gasteiger partial charge in [0, 0.05) is 37.9 Å². The van der Waals surface area contributed by atoms with Gasteiger partial charge in [0.05, 0.1) is 61.8 Å². The van der Waals surface area contributed by atoms with Crippen LogP contribution in [-0.2, 0) is 5.41 Å². The molecule has 8 aromatic carbocycles. The lowest BCUT2D eigenvalue weighted by atomic mass is 9.85. The molecule has 6 nitrogen and oxygen atoms in total. The summed E-state index contributed by atoms with van der Waals surface area (Å²) in [7, 11) is 0. The van der Waals surface area contributed by atoms with E-state index in [0.29, 0.717) is 33.8 Å². The standard InChI is InChI=1S/C55H36N6/c1-55(2,3)36-27-25-35(26-28-36)51-53(60-45-19-9-4-14-37(45)38-15-5-10-20-46(38)60)43(32-57)52(59-49-23-13-8-18-41(49)42-30-34(31-56)24-29-50(42)59)44(33-58)54(51)61-47-21-11-6-16-39(47)40-17-7-12-22-48(40)61/h4-30H,1-3H3. The van der Waals surface area contributed by atoms with Crippen molar-refractivity contribution in [3.05, 3.63) is 186 Å². The zero-order valence-electron chi connectivity index (χ0n) is 33.8. The van der Waals surface area contributed by atoms with E-state index in [1.165, 1.54) is 5.56 Å². The maximum Gasteiger partial charge on any atom is 0.104 e. The predicted octanol–water partition coefficient (Wildman–Crippen LogP) is 13.6. The van der Waals surface area contributed by atoms with Gasteiger partial charge in [0.1, 0.15) is 23.3 Å². The summed E-state index contributed by atoms with van der Waals surface area (Å²) >= 11 is 0. The molecule has 0 atom stereocenters. The molecule has 0 bridgehead atoms. The summed E-state index contributed by atoms with van der Waals surface area (Å²) < 4.78 is 6.55. The third-order valence-corrected chi connectivity index (χ3v) is 12.3. The van der Waals surface area contributed by atoms with Crippen molar-refractivity contribution in [3.63, 3.8) is 0 Å². The van der Waals surface area contributed by atoms with Gasteiger partial charge in [0.15, 0.2) is 0 Å². The summed E-state index contributed by atoms with van der Waals surface area (Å²) in [5.41, 5.74) is 11.2. The van der Waals surface area contributed by atoms with E-state index in [9.17, 15) is 15.8 Å². The number of nitrogens with zero attached hydrogens (tertiary/aromatic N) is 6. The fourth-order valence-corrected chi connectivity index (χ4v) is 9.61. The minimum atomic E-state index is -0.106. The van der Waals surface area contributed by atoms with E-state index in [1.807, 2.05) is 66.7 Å². The van der Waals surface area contributed by atoms with Crippen molar-refractivity contribution in [2.45, 2.75) is 26.2 Å². The van der Waals surface area contributed by atoms with Gasteiger partial charge in [-0.05, 0) is 65.1 Å². The highest BCUT2D eigenvalue weighted by Gasteiger charge is 2.33. The lowest BCUT2D eigenvalue weighted by Crippen LogP contribution is -2.14. The van der Waals surface area contributed by atoms with E-state index in [4.69, 9.17) is 0 Å². The van der Waals surface area contributed by atoms with Crippen molar-refractivity contribution < 1.29 is 0 Å². The quantitative estimate of drug-likeness (QED) is 0.178. The Kier molecular flexibility index (Phi) is 7.82. The minimum absolute atomic E-state index is 0.106. The van der Waals surface area contributed by atoms with E-state index in [2.05, 4.69) is 150 Å². The number of para-hydroxylation sites is 5. The Labute approximate surface area is 352 Å². The molecule has 286 valence electrons. The monoisotopic (exact) mass is 780 g/mol. The van der Waals surface area contributed by atoms with E-state index in [0.717, 1.165) is 76.5 Å². The molecule has 3 aromatic heterocycles. The van der Waals surface area contributed by atoms with Gasteiger partial charge in [-0.3, -0.25) is 0 Å². The third kappa shape index (κ3) is 5.12. The van der Waals surface area contributed by atoms with Crippen LogP contribution in [0.3, 0.4) is 0 Å². The van der Waals surface area contributed by atoms with Crippen LogP contribution >= 0.6 is 0 Å². The second-order valence-corrected chi connectivity index (χ2v) is 16.7. The topological polar surface area (TPSA) is 86.2 Å². The number of benzene rings is 8. The van der Waals surface area contributed by atoms with Crippen LogP contribution in [0, 0.1) is 34.0 Å². The van der Waals surface area contributed by atoms with E-state index in [-0.39, 0.29) is 5.41 Å². The number of nitriles is 3. The average molecular weight is 781 g/mol. The fraction of sp³-hybridized carbons (Fsp3) is 0.0727. The molecule has 0 aliphatic rings. The molecule has 6 heteroatoms. The molecule has 0 saturated heterocycles. The molecule has 0 saturated carbocycles. The van der Waals surface area contributed by atoms with E-state index in [1.54, 1.807) is 0 Å². The van der Waals surface area contributed by atoms with Crippen LogP contribution in [0.1, 0.15) is 43.0 Å². The molecule has 0 unspecified atom stereocenters. The molecule has 0 spiro atoms. The predicted molar refractivity (Wildman–Crippen MR) is 248 cm³/mol. The van der Waals surface area contributed by atoms with Gasteiger partial charge in [-0.2, -0.15) is 15.8 Å². The molecule has 11 aromatic rings. The van der Waals surface area contributed by atoms with Crippen LogP contribution in [0.25, 0.3) is 93.6 Å². The Bertz CT molecular complexity index is 3510. The maximum absolute atomic E-state index is 11.9. The molecule has 0 fully saturated rings. The molecular weight excluding hydrogens is 745 g/mol. The minimum Gasteiger partial charge on any atom is -0.307 e. The number of rotatable bonds is 4. The Hall–Kier alpha value is -8.37. The van der Waals surface area contributed by atoms with Gasteiger partial charge < -0.3 is 13.7 Å². The highest BCUT2D eigenvalue weighted by atomic mass is 15.1. The highest BCUT2D eigenvalue weighted by Crippen LogP contribution is 2.49. The van der Waals surface area contributed by atoms with Gasteiger partial charge in [-0.15, -0.1) is 0 Å². The Morgan fingerprint density at radius 1 is 0.377 bits per heavy atom. The van der Waals surface area contributed by atoms with Crippen molar-refractivity contribution in [1.82, 2.24) is 13.7 Å². The second-order valence-electron chi connectivity index (χ2n) is 16.7. The molecule has 0 aliphatic heterocycles. The van der Waals surface area contributed by atoms with Crippen molar-refractivity contribution in [3.8, 4) is 46.4 Å². The van der Waals surface area contributed by atoms with Gasteiger partial charge >= 0.3 is 0 Å². The maximum atomic E-state index is 11.9. The summed E-state index contributed by atoms with van der Waals surface area (Å²) in [5.74, 6) is 0. The molecular formula is C55H36N6. The summed E-state index contributed by atoms with van der Waals surface area (Å²) in [5, 5.41) is 39.9. The van der Waals surface area contributed by atoms with Gasteiger partial charge in [-0.25, -0.2) is 0 Å². The lowest BCUT2D eigenvalue weighted by Gasteiger charge is -2.26. The average Bonchev–Trinajstić information content (AvgIpc) is 3.93. The summed E-state index contributed by atoms with van der Waals surface area (Å²) in [6.45, 7) is 6.62. The Balaban J connectivity index is 1.46. The van der Waals surface area contributed by atoms with E-state index >= 15 is 0 Å². The molecule has 0 aliphatic carbocycles. The zero-order chi connectivity index (χ0) is 41.6. The second kappa shape index (κ2) is 13.3. The number of hydrogen-bond acceptors (Lipinski definition) is 3. The molecule has 0 amide bonds. The van der Waals surface area contributed by atoms with Gasteiger partial charge in [0.2, 0.25) is 0 Å². The first kappa shape index (κ1) is 35.8. The Morgan fingerprint density at radius 2 is 0.738 bits per heavy atom. The van der Waals surface area contributed by atoms with Gasteiger partial charge in [-0.1, -0.05) is 136 Å². The van der Waals surface area contributed by atoms with Crippen LogP contribution in [0.5, 0.6) is 0 Å². The summed E-state index contributed by atoms with van der Waals surface area (Å²) in [4.78, 5) is 0. The Morgan fingerprint density at radius 3 is 1.11 bits per heavy atom. The van der Waals surface area contributed by atoms with E-state index < -0.39 is 0 Å². The third-order valence-electron chi connectivity index (χ3n) is 12.3. The van der Waals surface area contributed by atoms with Crippen molar-refractivity contribution in [2.24, 2.45) is 0 Å². The summed E-state index contributed by atoms with van der Waals surface area (Å²) in [6.07, 6.45) is 0. The first-order valence-electron chi connectivity index (χ1n) is 20.4. The molecule has 0 radical (unpaired) electrons. The molecule has 61 heavy (non-hydrogen) atoms. The SMILES string of the molecule is CC(C)(C)c1ccc(-c2c(-n3c4ccccc4c4ccccc43)c(C#N)c(-n3c4ccccc4c4cc(C#N)ccc43)c(C#N)c2-n2c3ccccc3c3ccccc32)cc1. The first-order valence-corrected chi connectivity index (χ1v) is 20.4. The highest BCUT2D eigenvalue weighted by molar-refractivity contribution is 6.14. The van der Waals surface area contributed by atoms with Crippen molar-refractivity contribution in [1.29, 1.82) is 15.8 Å². The number of aromatic nitrogens is 3. The van der Waals surface area contributed by atoms with Gasteiger partial charge in [0.25, 0.3) is 0 Å². The lowest BCUT2D eigenvalue weighted by molar-refractivity contribution is 0.590. The van der Waals surface area contributed by atoms with Crippen LogP contribution in [-0.4, -0.2) is 13.7 Å². The number of fused-ring (bicyclic) bond motifs is 9. The molecule has 3 heterocycles.